The fourth-order valence-electron chi connectivity index (χ4n) is 5.08. The number of piperidine rings is 1. The first-order valence-corrected chi connectivity index (χ1v) is 12.4. The second-order valence-corrected chi connectivity index (χ2v) is 10.1. The van der Waals surface area contributed by atoms with Gasteiger partial charge in [0, 0.05) is 24.7 Å². The maximum atomic E-state index is 14.9. The average molecular weight is 537 g/mol. The van der Waals surface area contributed by atoms with E-state index in [1.54, 1.807) is 18.2 Å². The Morgan fingerprint density at radius 2 is 1.97 bits per heavy atom. The van der Waals surface area contributed by atoms with Gasteiger partial charge >= 0.3 is 5.92 Å². The van der Waals surface area contributed by atoms with Crippen molar-refractivity contribution in [2.45, 2.75) is 43.6 Å². The summed E-state index contributed by atoms with van der Waals surface area (Å²) < 4.78 is 78.5. The lowest BCUT2D eigenvalue weighted by molar-refractivity contribution is -0.0579. The third-order valence-electron chi connectivity index (χ3n) is 7.35. The van der Waals surface area contributed by atoms with Crippen molar-refractivity contribution >= 4 is 34.0 Å². The zero-order valence-corrected chi connectivity index (χ0v) is 20.4. The van der Waals surface area contributed by atoms with Gasteiger partial charge in [-0.1, -0.05) is 0 Å². The highest BCUT2D eigenvalue weighted by Crippen LogP contribution is 2.45. The van der Waals surface area contributed by atoms with Crippen LogP contribution in [-0.2, 0) is 7.05 Å². The molecule has 202 valence electrons. The van der Waals surface area contributed by atoms with E-state index in [0.29, 0.717) is 29.4 Å². The molecule has 1 saturated heterocycles. The van der Waals surface area contributed by atoms with Gasteiger partial charge in [0.1, 0.15) is 12.3 Å². The van der Waals surface area contributed by atoms with E-state index < -0.39 is 42.3 Å². The highest BCUT2D eigenvalue weighted by molar-refractivity contribution is 5.97. The van der Waals surface area contributed by atoms with Gasteiger partial charge in [-0.15, -0.1) is 0 Å². The summed E-state index contributed by atoms with van der Waals surface area (Å²) in [6.45, 7) is -0.983. The zero-order valence-electron chi connectivity index (χ0n) is 20.4. The second-order valence-electron chi connectivity index (χ2n) is 10.1. The molecular weight excluding hydrogens is 511 g/mol. The van der Waals surface area contributed by atoms with Gasteiger partial charge in [0.05, 0.1) is 30.0 Å². The molecule has 3 atom stereocenters. The van der Waals surface area contributed by atoms with Gasteiger partial charge in [0.15, 0.2) is 18.2 Å². The lowest BCUT2D eigenvalue weighted by Crippen LogP contribution is -2.44. The summed E-state index contributed by atoms with van der Waals surface area (Å²) in [4.78, 5) is 22.5. The van der Waals surface area contributed by atoms with Crippen molar-refractivity contribution in [3.05, 3.63) is 40.6 Å². The Morgan fingerprint density at radius 3 is 2.71 bits per heavy atom. The van der Waals surface area contributed by atoms with Crippen LogP contribution in [0.5, 0.6) is 5.75 Å². The Hall–Kier alpha value is -3.64. The van der Waals surface area contributed by atoms with Crippen molar-refractivity contribution in [3.8, 4) is 5.75 Å². The smallest absolute Gasteiger partial charge is 0.301 e. The first-order chi connectivity index (χ1) is 18.1. The number of nitrogens with one attached hydrogen (secondary N) is 2. The number of nitrogens with zero attached hydrogens (tertiary/aromatic N) is 4. The molecule has 3 aromatic rings. The van der Waals surface area contributed by atoms with Gasteiger partial charge in [-0.25, -0.2) is 26.9 Å². The molecule has 8 nitrogen and oxygen atoms in total. The second kappa shape index (κ2) is 8.98. The number of aryl methyl sites for hydroxylation is 1. The van der Waals surface area contributed by atoms with Crippen molar-refractivity contribution in [2.75, 3.05) is 35.2 Å². The SMILES string of the molecule is Cn1c(=O)c2c(c3cc(Nc4nc(N5CC[C@H](F)[C@H](F)C5)ncc4F)ccc31)NC(C1CC1)C(F)(F)CO2. The first kappa shape index (κ1) is 24.7. The van der Waals surface area contributed by atoms with E-state index in [-0.39, 0.29) is 48.6 Å². The molecule has 2 fully saturated rings. The molecule has 0 bridgehead atoms. The Labute approximate surface area is 213 Å². The van der Waals surface area contributed by atoms with E-state index in [9.17, 15) is 26.7 Å². The minimum absolute atomic E-state index is 0.0326. The van der Waals surface area contributed by atoms with Crippen molar-refractivity contribution in [1.29, 1.82) is 0 Å². The summed E-state index contributed by atoms with van der Waals surface area (Å²) >= 11 is 0. The van der Waals surface area contributed by atoms with E-state index in [1.165, 1.54) is 16.5 Å². The Morgan fingerprint density at radius 1 is 1.18 bits per heavy atom. The molecule has 13 heteroatoms. The van der Waals surface area contributed by atoms with E-state index in [4.69, 9.17) is 4.74 Å². The third-order valence-corrected chi connectivity index (χ3v) is 7.35. The molecule has 2 aliphatic heterocycles. The number of halogens is 5. The Bertz CT molecular complexity index is 1460. The minimum atomic E-state index is -3.18. The molecule has 0 radical (unpaired) electrons. The summed E-state index contributed by atoms with van der Waals surface area (Å²) in [6.07, 6.45) is -1.05. The van der Waals surface area contributed by atoms with Crippen molar-refractivity contribution in [3.63, 3.8) is 0 Å². The lowest BCUT2D eigenvalue weighted by Gasteiger charge is -2.31. The average Bonchev–Trinajstić information content (AvgIpc) is 3.73. The van der Waals surface area contributed by atoms with Gasteiger partial charge in [-0.2, -0.15) is 4.98 Å². The van der Waals surface area contributed by atoms with E-state index in [1.807, 2.05) is 0 Å². The number of anilines is 4. The molecule has 1 aliphatic carbocycles. The fourth-order valence-corrected chi connectivity index (χ4v) is 5.08. The van der Waals surface area contributed by atoms with Crippen LogP contribution in [0.1, 0.15) is 19.3 Å². The maximum Gasteiger partial charge on any atom is 0.301 e. The molecule has 1 unspecified atom stereocenters. The van der Waals surface area contributed by atoms with Crippen LogP contribution in [0.15, 0.2) is 29.2 Å². The van der Waals surface area contributed by atoms with E-state index in [2.05, 4.69) is 20.6 Å². The van der Waals surface area contributed by atoms with Gasteiger partial charge in [0.25, 0.3) is 5.56 Å². The molecule has 0 spiro atoms. The third kappa shape index (κ3) is 4.27. The molecule has 0 amide bonds. The quantitative estimate of drug-likeness (QED) is 0.481. The predicted molar refractivity (Wildman–Crippen MR) is 132 cm³/mol. The molecule has 2 aromatic heterocycles. The molecular formula is C25H25F5N6O2. The zero-order chi connectivity index (χ0) is 26.8. The van der Waals surface area contributed by atoms with Crippen LogP contribution >= 0.6 is 0 Å². The highest BCUT2D eigenvalue weighted by Gasteiger charge is 2.51. The predicted octanol–water partition coefficient (Wildman–Crippen LogP) is 4.32. The monoisotopic (exact) mass is 536 g/mol. The van der Waals surface area contributed by atoms with Gasteiger partial charge in [-0.05, 0) is 43.4 Å². The maximum absolute atomic E-state index is 14.9. The van der Waals surface area contributed by atoms with Crippen LogP contribution in [0.25, 0.3) is 10.9 Å². The Kier molecular flexibility index (Phi) is 5.84. The number of pyridine rings is 1. The number of benzene rings is 1. The van der Waals surface area contributed by atoms with Crippen molar-refractivity contribution in [1.82, 2.24) is 14.5 Å². The number of ether oxygens (including phenoxy) is 1. The number of hydrogen-bond donors (Lipinski definition) is 2. The summed E-state index contributed by atoms with van der Waals surface area (Å²) in [5.41, 5.74) is 0.422. The van der Waals surface area contributed by atoms with Crippen LogP contribution in [0, 0.1) is 11.7 Å². The van der Waals surface area contributed by atoms with Crippen LogP contribution in [0.2, 0.25) is 0 Å². The minimum Gasteiger partial charge on any atom is -0.480 e. The van der Waals surface area contributed by atoms with Crippen LogP contribution < -0.4 is 25.8 Å². The fraction of sp³-hybridized carbons (Fsp3) is 0.480. The van der Waals surface area contributed by atoms with Crippen molar-refractivity contribution in [2.24, 2.45) is 13.0 Å². The topological polar surface area (TPSA) is 84.3 Å². The van der Waals surface area contributed by atoms with Gasteiger partial charge < -0.3 is 24.8 Å². The summed E-state index contributed by atoms with van der Waals surface area (Å²) in [5, 5.41) is 6.18. The largest absolute Gasteiger partial charge is 0.480 e. The van der Waals surface area contributed by atoms with Crippen LogP contribution in [0.3, 0.4) is 0 Å². The van der Waals surface area contributed by atoms with Crippen LogP contribution in [0.4, 0.5) is 45.1 Å². The molecule has 38 heavy (non-hydrogen) atoms. The van der Waals surface area contributed by atoms with E-state index >= 15 is 0 Å². The first-order valence-electron chi connectivity index (χ1n) is 12.4. The van der Waals surface area contributed by atoms with Crippen LogP contribution in [-0.4, -0.2) is 58.5 Å². The number of rotatable bonds is 4. The van der Waals surface area contributed by atoms with Gasteiger partial charge in [0.2, 0.25) is 11.7 Å². The number of aromatic nitrogens is 3. The summed E-state index contributed by atoms with van der Waals surface area (Å²) in [7, 11) is 1.51. The molecule has 6 rings (SSSR count). The summed E-state index contributed by atoms with van der Waals surface area (Å²) in [5.74, 6) is -4.55. The number of fused-ring (bicyclic) bond motifs is 3. The molecule has 3 aliphatic rings. The standard InChI is InChI=1S/C25H25F5N6O2/c1-35-18-5-4-13(32-22-16(27)9-31-24(34-22)36-7-6-15(26)17(28)10-36)8-14(18)19-20(23(35)37)38-11-25(29,30)21(33-19)12-2-3-12/h4-5,8-9,12,15,17,21,33H,2-3,6-7,10-11H2,1H3,(H,31,32,34)/t15-,17+,21?/m0/s1. The molecule has 1 aromatic carbocycles. The van der Waals surface area contributed by atoms with Gasteiger partial charge in [-0.3, -0.25) is 4.79 Å². The van der Waals surface area contributed by atoms with Crippen molar-refractivity contribution < 1.29 is 26.7 Å². The summed E-state index contributed by atoms with van der Waals surface area (Å²) in [6, 6.07) is 3.60. The molecule has 1 saturated carbocycles. The molecule has 4 heterocycles. The lowest BCUT2D eigenvalue weighted by atomic mass is 10.0. The normalized spacial score (nSPS) is 24.8. The van der Waals surface area contributed by atoms with E-state index in [0.717, 1.165) is 6.20 Å². The highest BCUT2D eigenvalue weighted by atomic mass is 19.3. The number of alkyl halides is 4. The number of hydrogen-bond acceptors (Lipinski definition) is 7. The molecule has 2 N–H and O–H groups in total. The Balaban J connectivity index is 1.37.